The van der Waals surface area contributed by atoms with E-state index in [1.165, 1.54) is 11.6 Å². The molecule has 27 heavy (non-hydrogen) atoms. The van der Waals surface area contributed by atoms with E-state index in [0.717, 1.165) is 5.75 Å². The summed E-state index contributed by atoms with van der Waals surface area (Å²) in [5.41, 5.74) is 1.61. The summed E-state index contributed by atoms with van der Waals surface area (Å²) < 4.78 is 16.0. The van der Waals surface area contributed by atoms with Crippen LogP contribution in [0.15, 0.2) is 52.6 Å². The van der Waals surface area contributed by atoms with Gasteiger partial charge in [0.05, 0.1) is 6.61 Å². The average molecular weight is 371 g/mol. The highest BCUT2D eigenvalue weighted by Gasteiger charge is 2.12. The van der Waals surface area contributed by atoms with Crippen molar-refractivity contribution in [2.75, 3.05) is 6.61 Å². The van der Waals surface area contributed by atoms with Gasteiger partial charge in [-0.1, -0.05) is 26.0 Å². The molecular weight excluding hydrogens is 346 g/mol. The van der Waals surface area contributed by atoms with E-state index in [9.17, 15) is 9.59 Å². The van der Waals surface area contributed by atoms with Crippen LogP contribution in [0.25, 0.3) is 0 Å². The van der Waals surface area contributed by atoms with Crippen molar-refractivity contribution in [3.8, 4) is 5.75 Å². The number of esters is 1. The van der Waals surface area contributed by atoms with Gasteiger partial charge in [0.25, 0.3) is 5.91 Å². The Morgan fingerprint density at radius 2 is 1.85 bits per heavy atom. The molecule has 1 amide bonds. The van der Waals surface area contributed by atoms with Crippen LogP contribution in [-0.4, -0.2) is 18.5 Å². The molecular formula is C21H25NO5. The van der Waals surface area contributed by atoms with Crippen LogP contribution in [0.1, 0.15) is 55.5 Å². The van der Waals surface area contributed by atoms with Crippen LogP contribution in [0.4, 0.5) is 0 Å². The molecule has 1 heterocycles. The maximum atomic E-state index is 12.1. The number of benzene rings is 1. The van der Waals surface area contributed by atoms with Gasteiger partial charge >= 0.3 is 5.97 Å². The van der Waals surface area contributed by atoms with Gasteiger partial charge in [-0.05, 0) is 49.6 Å². The van der Waals surface area contributed by atoms with Crippen molar-refractivity contribution in [2.24, 2.45) is 0 Å². The van der Waals surface area contributed by atoms with Gasteiger partial charge in [-0.15, -0.1) is 0 Å². The number of amides is 1. The SMILES string of the molecule is CCOC(=O)/C=C(\C)NC(=O)c1ccc(COc2ccc(C(C)C)cc2)o1. The summed E-state index contributed by atoms with van der Waals surface area (Å²) in [5, 5.41) is 2.58. The van der Waals surface area contributed by atoms with E-state index in [4.69, 9.17) is 13.9 Å². The third-order valence-corrected chi connectivity index (χ3v) is 3.74. The third-order valence-electron chi connectivity index (χ3n) is 3.74. The molecule has 1 aromatic heterocycles. The van der Waals surface area contributed by atoms with E-state index in [2.05, 4.69) is 19.2 Å². The van der Waals surface area contributed by atoms with E-state index >= 15 is 0 Å². The number of furan rings is 1. The van der Waals surface area contributed by atoms with Gasteiger partial charge in [0.15, 0.2) is 5.76 Å². The molecule has 2 aromatic rings. The van der Waals surface area contributed by atoms with Gasteiger partial charge in [-0.2, -0.15) is 0 Å². The molecule has 144 valence electrons. The average Bonchev–Trinajstić information content (AvgIpc) is 3.09. The van der Waals surface area contributed by atoms with E-state index in [1.54, 1.807) is 26.0 Å². The highest BCUT2D eigenvalue weighted by atomic mass is 16.5. The molecule has 0 aliphatic carbocycles. The van der Waals surface area contributed by atoms with Crippen LogP contribution in [0, 0.1) is 0 Å². The zero-order valence-corrected chi connectivity index (χ0v) is 16.1. The first kappa shape index (κ1) is 20.3. The zero-order valence-electron chi connectivity index (χ0n) is 16.1. The van der Waals surface area contributed by atoms with Crippen molar-refractivity contribution >= 4 is 11.9 Å². The summed E-state index contributed by atoms with van der Waals surface area (Å²) in [6, 6.07) is 11.1. The number of allylic oxidation sites excluding steroid dienone is 1. The van der Waals surface area contributed by atoms with Crippen LogP contribution in [0.5, 0.6) is 5.75 Å². The molecule has 0 radical (unpaired) electrons. The molecule has 6 heteroatoms. The van der Waals surface area contributed by atoms with E-state index in [1.807, 2.05) is 24.3 Å². The summed E-state index contributed by atoms with van der Waals surface area (Å²) >= 11 is 0. The molecule has 0 unspecified atom stereocenters. The first-order valence-electron chi connectivity index (χ1n) is 8.87. The summed E-state index contributed by atoms with van der Waals surface area (Å²) in [6.45, 7) is 8.07. The molecule has 1 aromatic carbocycles. The molecule has 1 N–H and O–H groups in total. The zero-order chi connectivity index (χ0) is 19.8. The second kappa shape index (κ2) is 9.62. The maximum Gasteiger partial charge on any atom is 0.332 e. The first-order valence-corrected chi connectivity index (χ1v) is 8.87. The molecule has 2 rings (SSSR count). The number of hydrogen-bond acceptors (Lipinski definition) is 5. The molecule has 0 saturated heterocycles. The first-order chi connectivity index (χ1) is 12.9. The third kappa shape index (κ3) is 6.33. The minimum atomic E-state index is -0.507. The number of ether oxygens (including phenoxy) is 2. The fourth-order valence-electron chi connectivity index (χ4n) is 2.32. The highest BCUT2D eigenvalue weighted by Crippen LogP contribution is 2.20. The van der Waals surface area contributed by atoms with Crippen LogP contribution < -0.4 is 10.1 Å². The Morgan fingerprint density at radius 1 is 1.15 bits per heavy atom. The van der Waals surface area contributed by atoms with Crippen LogP contribution in [0.3, 0.4) is 0 Å². The van der Waals surface area contributed by atoms with Crippen LogP contribution >= 0.6 is 0 Å². The van der Waals surface area contributed by atoms with Crippen molar-refractivity contribution in [1.82, 2.24) is 5.32 Å². The predicted octanol–water partition coefficient (Wildman–Crippen LogP) is 4.18. The topological polar surface area (TPSA) is 77.8 Å². The number of rotatable bonds is 8. The number of carbonyl (C=O) groups excluding carboxylic acids is 2. The molecule has 0 fully saturated rings. The molecule has 0 spiro atoms. The van der Waals surface area contributed by atoms with E-state index in [0.29, 0.717) is 17.4 Å². The molecule has 0 saturated carbocycles. The summed E-state index contributed by atoms with van der Waals surface area (Å²) in [4.78, 5) is 23.5. The minimum absolute atomic E-state index is 0.139. The van der Waals surface area contributed by atoms with Crippen molar-refractivity contribution in [3.63, 3.8) is 0 Å². The molecule has 0 aliphatic rings. The molecule has 0 bridgehead atoms. The van der Waals surface area contributed by atoms with Crippen molar-refractivity contribution in [2.45, 2.75) is 40.2 Å². The van der Waals surface area contributed by atoms with Crippen molar-refractivity contribution in [3.05, 3.63) is 65.3 Å². The highest BCUT2D eigenvalue weighted by molar-refractivity contribution is 5.93. The number of hydrogen-bond donors (Lipinski definition) is 1. The molecule has 6 nitrogen and oxygen atoms in total. The summed E-state index contributed by atoms with van der Waals surface area (Å²) in [7, 11) is 0. The van der Waals surface area contributed by atoms with Gasteiger partial charge in [0.1, 0.15) is 18.1 Å². The lowest BCUT2D eigenvalue weighted by Gasteiger charge is -2.08. The Hall–Kier alpha value is -3.02. The lowest BCUT2D eigenvalue weighted by molar-refractivity contribution is -0.137. The number of nitrogens with one attached hydrogen (secondary N) is 1. The van der Waals surface area contributed by atoms with Gasteiger partial charge in [0.2, 0.25) is 0 Å². The van der Waals surface area contributed by atoms with Crippen LogP contribution in [-0.2, 0) is 16.1 Å². The molecule has 0 aliphatic heterocycles. The Balaban J connectivity index is 1.90. The molecule has 0 atom stereocenters. The minimum Gasteiger partial charge on any atom is -0.486 e. The second-order valence-corrected chi connectivity index (χ2v) is 6.31. The Labute approximate surface area is 159 Å². The maximum absolute atomic E-state index is 12.1. The van der Waals surface area contributed by atoms with Crippen LogP contribution in [0.2, 0.25) is 0 Å². The fraction of sp³-hybridized carbons (Fsp3) is 0.333. The quantitative estimate of drug-likeness (QED) is 0.556. The van der Waals surface area contributed by atoms with Gasteiger partial charge < -0.3 is 19.2 Å². The smallest absolute Gasteiger partial charge is 0.332 e. The monoisotopic (exact) mass is 371 g/mol. The number of carbonyl (C=O) groups is 2. The second-order valence-electron chi connectivity index (χ2n) is 6.31. The van der Waals surface area contributed by atoms with Gasteiger partial charge in [-0.25, -0.2) is 4.79 Å². The van der Waals surface area contributed by atoms with Gasteiger partial charge in [0, 0.05) is 11.8 Å². The van der Waals surface area contributed by atoms with E-state index in [-0.39, 0.29) is 19.0 Å². The summed E-state index contributed by atoms with van der Waals surface area (Å²) in [5.74, 6) is 0.912. The fourth-order valence-corrected chi connectivity index (χ4v) is 2.32. The lowest BCUT2D eigenvalue weighted by atomic mass is 10.0. The van der Waals surface area contributed by atoms with Crippen molar-refractivity contribution < 1.29 is 23.5 Å². The summed E-state index contributed by atoms with van der Waals surface area (Å²) in [6.07, 6.45) is 1.22. The Bertz CT molecular complexity index is 802. The van der Waals surface area contributed by atoms with E-state index < -0.39 is 11.9 Å². The standard InChI is InChI=1S/C21H25NO5/c1-5-25-20(23)12-15(4)22-21(24)19-11-10-18(27-19)13-26-17-8-6-16(7-9-17)14(2)3/h6-12,14H,5,13H2,1-4H3,(H,22,24)/b15-12+. The Morgan fingerprint density at radius 3 is 2.48 bits per heavy atom. The normalized spacial score (nSPS) is 11.4. The predicted molar refractivity (Wildman–Crippen MR) is 101 cm³/mol. The van der Waals surface area contributed by atoms with Crippen molar-refractivity contribution in [1.29, 1.82) is 0 Å². The van der Waals surface area contributed by atoms with Gasteiger partial charge in [-0.3, -0.25) is 4.79 Å². The Kier molecular flexibility index (Phi) is 7.23. The largest absolute Gasteiger partial charge is 0.486 e. The lowest BCUT2D eigenvalue weighted by Crippen LogP contribution is -2.21.